The zero-order chi connectivity index (χ0) is 32.8. The molecule has 244 valence electrons. The first kappa shape index (κ1) is 31.8. The van der Waals surface area contributed by atoms with Crippen molar-refractivity contribution in [2.75, 3.05) is 28.2 Å². The van der Waals surface area contributed by atoms with Crippen molar-refractivity contribution in [2.24, 2.45) is 7.05 Å². The average molecular weight is 643 g/mol. The molecule has 1 aromatic carbocycles. The molecule has 1 atom stereocenters. The number of rotatable bonds is 10. The van der Waals surface area contributed by atoms with Crippen molar-refractivity contribution in [3.05, 3.63) is 78.4 Å². The van der Waals surface area contributed by atoms with E-state index in [0.717, 1.165) is 29.5 Å². The maximum atomic E-state index is 13.7. The Kier molecular flexibility index (Phi) is 9.82. The summed E-state index contributed by atoms with van der Waals surface area (Å²) in [7, 11) is 1.86. The number of halogens is 2. The summed E-state index contributed by atoms with van der Waals surface area (Å²) in [5.41, 5.74) is 3.13. The maximum Gasteiger partial charge on any atom is 0.345 e. The Morgan fingerprint density at radius 1 is 1.06 bits per heavy atom. The lowest BCUT2D eigenvalue weighted by molar-refractivity contribution is -0.156. The second-order valence-corrected chi connectivity index (χ2v) is 11.8. The van der Waals surface area contributed by atoms with E-state index in [0.29, 0.717) is 49.9 Å². The average Bonchev–Trinajstić information content (AvgIpc) is 3.74. The van der Waals surface area contributed by atoms with Crippen LogP contribution in [0.2, 0.25) is 0 Å². The molecule has 12 nitrogen and oxygen atoms in total. The van der Waals surface area contributed by atoms with Crippen molar-refractivity contribution in [3.63, 3.8) is 0 Å². The normalized spacial score (nSPS) is 19.4. The number of urea groups is 1. The number of pyridine rings is 1. The van der Waals surface area contributed by atoms with Crippen molar-refractivity contribution in [2.45, 2.75) is 63.4 Å². The van der Waals surface area contributed by atoms with Crippen LogP contribution < -0.4 is 20.4 Å². The SMILES string of the molecule is Cn1cc(-c2ccc(N(C(=O)NCc3ccccc3)C3CCC(Nc4ncc(C#N)c(N5CCC(OC(F)F)C5)n4)CC3)nc2)cn1. The lowest BCUT2D eigenvalue weighted by atomic mass is 9.90. The fraction of sp³-hybridized carbons (Fsp3) is 0.394. The molecule has 47 heavy (non-hydrogen) atoms. The number of carbonyl (C=O) groups excluding carboxylic acids is 1. The van der Waals surface area contributed by atoms with Crippen LogP contribution in [0, 0.1) is 11.3 Å². The highest BCUT2D eigenvalue weighted by atomic mass is 19.3. The third-order valence-corrected chi connectivity index (χ3v) is 8.56. The first-order chi connectivity index (χ1) is 22.9. The summed E-state index contributed by atoms with van der Waals surface area (Å²) in [5, 5.41) is 20.3. The molecule has 1 aliphatic heterocycles. The van der Waals surface area contributed by atoms with E-state index in [9.17, 15) is 18.8 Å². The molecule has 2 aliphatic rings. The first-order valence-corrected chi connectivity index (χ1v) is 15.6. The van der Waals surface area contributed by atoms with Crippen molar-refractivity contribution < 1.29 is 18.3 Å². The van der Waals surface area contributed by atoms with Gasteiger partial charge in [-0.1, -0.05) is 30.3 Å². The van der Waals surface area contributed by atoms with Crippen LogP contribution in [0.3, 0.4) is 0 Å². The Morgan fingerprint density at radius 3 is 2.55 bits per heavy atom. The van der Waals surface area contributed by atoms with Gasteiger partial charge in [-0.15, -0.1) is 0 Å². The number of nitrogens with one attached hydrogen (secondary N) is 2. The van der Waals surface area contributed by atoms with Gasteiger partial charge in [0.25, 0.3) is 0 Å². The molecular formula is C33H36F2N10O2. The van der Waals surface area contributed by atoms with Crippen LogP contribution >= 0.6 is 0 Å². The molecule has 1 aliphatic carbocycles. The van der Waals surface area contributed by atoms with Crippen molar-refractivity contribution in [1.82, 2.24) is 30.0 Å². The van der Waals surface area contributed by atoms with E-state index in [4.69, 9.17) is 4.98 Å². The fourth-order valence-electron chi connectivity index (χ4n) is 6.19. The highest BCUT2D eigenvalue weighted by Crippen LogP contribution is 2.31. The van der Waals surface area contributed by atoms with Gasteiger partial charge in [0.05, 0.1) is 18.5 Å². The Morgan fingerprint density at radius 2 is 1.87 bits per heavy atom. The van der Waals surface area contributed by atoms with Crippen molar-refractivity contribution in [1.29, 1.82) is 5.26 Å². The first-order valence-electron chi connectivity index (χ1n) is 15.6. The largest absolute Gasteiger partial charge is 0.353 e. The molecule has 3 aromatic heterocycles. The molecule has 0 spiro atoms. The van der Waals surface area contributed by atoms with Crippen LogP contribution in [0.15, 0.2) is 67.3 Å². The Labute approximate surface area is 271 Å². The number of aromatic nitrogens is 5. The number of hydrogen-bond donors (Lipinski definition) is 2. The molecule has 2 N–H and O–H groups in total. The Balaban J connectivity index is 1.13. The number of benzene rings is 1. The van der Waals surface area contributed by atoms with Gasteiger partial charge < -0.3 is 20.3 Å². The second kappa shape index (κ2) is 14.5. The minimum absolute atomic E-state index is 0.0377. The number of aryl methyl sites for hydroxylation is 1. The summed E-state index contributed by atoms with van der Waals surface area (Å²) in [4.78, 5) is 30.9. The lowest BCUT2D eigenvalue weighted by Crippen LogP contribution is -2.49. The Bertz CT molecular complexity index is 1690. The molecule has 0 radical (unpaired) electrons. The highest BCUT2D eigenvalue weighted by Gasteiger charge is 2.32. The number of amides is 2. The topological polar surface area (TPSA) is 137 Å². The van der Waals surface area contributed by atoms with E-state index in [2.05, 4.69) is 36.5 Å². The number of carbonyl (C=O) groups is 1. The minimum atomic E-state index is -2.85. The molecule has 14 heteroatoms. The van der Waals surface area contributed by atoms with Gasteiger partial charge in [0.15, 0.2) is 5.82 Å². The van der Waals surface area contributed by atoms with E-state index < -0.39 is 12.7 Å². The smallest absolute Gasteiger partial charge is 0.345 e. The van der Waals surface area contributed by atoms with E-state index in [1.165, 1.54) is 6.20 Å². The van der Waals surface area contributed by atoms with Crippen molar-refractivity contribution in [3.8, 4) is 17.2 Å². The number of hydrogen-bond acceptors (Lipinski definition) is 9. The predicted octanol–water partition coefficient (Wildman–Crippen LogP) is 5.10. The van der Waals surface area contributed by atoms with Gasteiger partial charge in [0.1, 0.15) is 17.5 Å². The van der Waals surface area contributed by atoms with E-state index in [1.54, 1.807) is 26.9 Å². The van der Waals surface area contributed by atoms with Crippen molar-refractivity contribution >= 4 is 23.6 Å². The van der Waals surface area contributed by atoms with Crippen LogP contribution in [0.5, 0.6) is 0 Å². The molecule has 1 unspecified atom stereocenters. The zero-order valence-electron chi connectivity index (χ0n) is 26.0. The predicted molar refractivity (Wildman–Crippen MR) is 172 cm³/mol. The molecule has 0 bridgehead atoms. The summed E-state index contributed by atoms with van der Waals surface area (Å²) in [6.07, 6.45) is 9.62. The summed E-state index contributed by atoms with van der Waals surface area (Å²) in [6.45, 7) is -1.78. The van der Waals surface area contributed by atoms with E-state index in [-0.39, 0.29) is 30.2 Å². The second-order valence-electron chi connectivity index (χ2n) is 11.8. The fourth-order valence-corrected chi connectivity index (χ4v) is 6.19. The summed E-state index contributed by atoms with van der Waals surface area (Å²) in [5.74, 6) is 1.34. The number of nitriles is 1. The zero-order valence-corrected chi connectivity index (χ0v) is 26.0. The number of nitrogens with zero attached hydrogens (tertiary/aromatic N) is 8. The molecule has 6 rings (SSSR count). The van der Waals surface area contributed by atoms with Crippen LogP contribution in [-0.4, -0.2) is 68.7 Å². The van der Waals surface area contributed by atoms with Crippen LogP contribution in [0.4, 0.5) is 31.2 Å². The van der Waals surface area contributed by atoms with Gasteiger partial charge in [0.2, 0.25) is 5.95 Å². The van der Waals surface area contributed by atoms with Gasteiger partial charge in [-0.3, -0.25) is 9.58 Å². The lowest BCUT2D eigenvalue weighted by Gasteiger charge is -2.36. The number of alkyl halides is 2. The Hall–Kier alpha value is -5.16. The summed E-state index contributed by atoms with van der Waals surface area (Å²) < 4.78 is 31.9. The number of ether oxygens (including phenoxy) is 1. The minimum Gasteiger partial charge on any atom is -0.353 e. The van der Waals surface area contributed by atoms with Gasteiger partial charge >= 0.3 is 12.6 Å². The maximum absolute atomic E-state index is 13.7. The molecule has 4 heterocycles. The van der Waals surface area contributed by atoms with Gasteiger partial charge in [-0.05, 0) is 49.8 Å². The van der Waals surface area contributed by atoms with Gasteiger partial charge in [-0.25, -0.2) is 14.8 Å². The molecule has 1 saturated carbocycles. The van der Waals surface area contributed by atoms with E-state index in [1.807, 2.05) is 55.7 Å². The standard InChI is InChI=1S/C33H36F2N10O2/c1-43-20-25(19-40-43)23-7-12-29(37-17-23)45(33(46)39-16-22-5-3-2-4-6-22)27-10-8-26(9-11-27)41-32-38-18-24(15-36)30(42-32)44-14-13-28(21-44)47-31(34)35/h2-7,12,17-20,26-28,31H,8-11,13-14,16,21H2,1H3,(H,39,46)(H,38,41,42). The third-order valence-electron chi connectivity index (χ3n) is 8.56. The molecule has 1 saturated heterocycles. The summed E-state index contributed by atoms with van der Waals surface area (Å²) >= 11 is 0. The quantitative estimate of drug-likeness (QED) is 0.242. The third kappa shape index (κ3) is 7.81. The summed E-state index contributed by atoms with van der Waals surface area (Å²) in [6, 6.07) is 15.4. The molecule has 4 aromatic rings. The highest BCUT2D eigenvalue weighted by molar-refractivity contribution is 5.91. The molecule has 2 amide bonds. The monoisotopic (exact) mass is 642 g/mol. The molecule has 2 fully saturated rings. The van der Waals surface area contributed by atoms with Crippen LogP contribution in [-0.2, 0) is 18.3 Å². The van der Waals surface area contributed by atoms with Crippen LogP contribution in [0.25, 0.3) is 11.1 Å². The van der Waals surface area contributed by atoms with Gasteiger partial charge in [-0.2, -0.15) is 24.1 Å². The van der Waals surface area contributed by atoms with Crippen LogP contribution in [0.1, 0.15) is 43.2 Å². The number of anilines is 3. The van der Waals surface area contributed by atoms with E-state index >= 15 is 0 Å². The van der Waals surface area contributed by atoms with Gasteiger partial charge in [0, 0.05) is 62.3 Å². The molecular weight excluding hydrogens is 606 g/mol.